The molecule has 1 fully saturated rings. The van der Waals surface area contributed by atoms with E-state index in [1.165, 1.54) is 0 Å². The number of nitrogens with two attached hydrogens (primary N) is 1. The van der Waals surface area contributed by atoms with Crippen LogP contribution in [0.3, 0.4) is 0 Å². The predicted molar refractivity (Wildman–Crippen MR) is 159 cm³/mol. The summed E-state index contributed by atoms with van der Waals surface area (Å²) in [6, 6.07) is 2.17. The molecule has 0 bridgehead atoms. The maximum atomic E-state index is 13.7. The molecule has 0 heterocycles. The van der Waals surface area contributed by atoms with E-state index in [2.05, 4.69) is 16.4 Å². The van der Waals surface area contributed by atoms with Gasteiger partial charge < -0.3 is 21.1 Å². The standard InChI is InChI=1S/C28H51BN6O6/c1-21(2)19-26(29(38)39)33-27(37)23(15-12-18-32-28(31)34-35(40)41)20-25(36)24(22-13-9-10-14-22)16-8-6-4-3-5-7-11-17-30/h21-24,26,38-39H,3-16,18-20H2,1-2H3,(H,33,37)(H3,31,32,34)/t23-,24?,26+/m1/s1. The van der Waals surface area contributed by atoms with Gasteiger partial charge in [0.05, 0.1) is 12.0 Å². The van der Waals surface area contributed by atoms with E-state index < -0.39 is 29.9 Å². The van der Waals surface area contributed by atoms with E-state index in [0.717, 1.165) is 70.6 Å². The Morgan fingerprint density at radius 3 is 2.32 bits per heavy atom. The number of carbonyl (C=O) groups is 2. The first-order chi connectivity index (χ1) is 19.5. The molecular formula is C28H51BN6O6. The number of nitrogens with zero attached hydrogens (tertiary/aromatic N) is 3. The van der Waals surface area contributed by atoms with E-state index in [4.69, 9.17) is 11.0 Å². The highest BCUT2D eigenvalue weighted by Gasteiger charge is 2.34. The van der Waals surface area contributed by atoms with Crippen molar-refractivity contribution in [3.05, 3.63) is 10.1 Å². The Balaban J connectivity index is 2.88. The van der Waals surface area contributed by atoms with Crippen molar-refractivity contribution in [2.75, 3.05) is 6.54 Å². The van der Waals surface area contributed by atoms with E-state index in [9.17, 15) is 29.8 Å². The summed E-state index contributed by atoms with van der Waals surface area (Å²) in [4.78, 5) is 41.5. The van der Waals surface area contributed by atoms with Crippen LogP contribution in [-0.4, -0.2) is 52.3 Å². The molecule has 1 saturated carbocycles. The van der Waals surface area contributed by atoms with Crippen molar-refractivity contribution >= 4 is 24.8 Å². The molecule has 0 spiro atoms. The van der Waals surface area contributed by atoms with Crippen molar-refractivity contribution in [1.29, 1.82) is 5.26 Å². The van der Waals surface area contributed by atoms with Gasteiger partial charge in [-0.15, -0.1) is 0 Å². The number of hydrogen-bond donors (Lipinski definition) is 5. The minimum Gasteiger partial charge on any atom is -0.426 e. The molecular weight excluding hydrogens is 527 g/mol. The molecule has 0 aromatic heterocycles. The fourth-order valence-electron chi connectivity index (χ4n) is 5.74. The molecule has 41 heavy (non-hydrogen) atoms. The van der Waals surface area contributed by atoms with Gasteiger partial charge in [0.2, 0.25) is 5.91 Å². The van der Waals surface area contributed by atoms with Crippen molar-refractivity contribution in [1.82, 2.24) is 10.7 Å². The second-order valence-electron chi connectivity index (χ2n) is 11.8. The van der Waals surface area contributed by atoms with Gasteiger partial charge in [0, 0.05) is 31.2 Å². The molecule has 13 heteroatoms. The first kappa shape index (κ1) is 36.3. The zero-order valence-corrected chi connectivity index (χ0v) is 24.9. The maximum absolute atomic E-state index is 13.7. The third-order valence-electron chi connectivity index (χ3n) is 7.87. The summed E-state index contributed by atoms with van der Waals surface area (Å²) in [6.45, 7) is 3.98. The van der Waals surface area contributed by atoms with Crippen LogP contribution in [0.4, 0.5) is 0 Å². The molecule has 1 unspecified atom stereocenters. The van der Waals surface area contributed by atoms with E-state index in [1.807, 2.05) is 13.8 Å². The fourth-order valence-corrected chi connectivity index (χ4v) is 5.74. The average Bonchev–Trinajstić information content (AvgIpc) is 3.42. The minimum atomic E-state index is -1.72. The summed E-state index contributed by atoms with van der Waals surface area (Å²) < 4.78 is 0. The number of nitro groups is 1. The number of carbonyl (C=O) groups excluding carboxylic acids is 2. The molecule has 1 aliphatic carbocycles. The largest absolute Gasteiger partial charge is 0.475 e. The van der Waals surface area contributed by atoms with Crippen LogP contribution >= 0.6 is 0 Å². The maximum Gasteiger partial charge on any atom is 0.475 e. The van der Waals surface area contributed by atoms with Crippen LogP contribution in [0.2, 0.25) is 0 Å². The summed E-state index contributed by atoms with van der Waals surface area (Å²) in [6.07, 6.45) is 12.9. The van der Waals surface area contributed by atoms with E-state index >= 15 is 0 Å². The highest BCUT2D eigenvalue weighted by atomic mass is 16.7. The van der Waals surface area contributed by atoms with Crippen LogP contribution in [0.15, 0.2) is 4.99 Å². The number of Topliss-reactive ketones (excluding diaryl/α,β-unsaturated/α-hetero) is 1. The number of nitriles is 1. The molecule has 0 aliphatic heterocycles. The molecule has 0 aromatic rings. The molecule has 232 valence electrons. The minimum absolute atomic E-state index is 0.0590. The van der Waals surface area contributed by atoms with Crippen molar-refractivity contribution in [3.63, 3.8) is 0 Å². The normalized spacial score (nSPS) is 16.1. The zero-order chi connectivity index (χ0) is 30.6. The second kappa shape index (κ2) is 21.1. The van der Waals surface area contributed by atoms with Gasteiger partial charge in [-0.3, -0.25) is 9.59 Å². The summed E-state index contributed by atoms with van der Waals surface area (Å²) >= 11 is 0. The van der Waals surface area contributed by atoms with Crippen molar-refractivity contribution in [3.8, 4) is 6.07 Å². The number of hydrogen-bond acceptors (Lipinski definition) is 8. The summed E-state index contributed by atoms with van der Waals surface area (Å²) in [7, 11) is -1.72. The molecule has 0 radical (unpaired) electrons. The van der Waals surface area contributed by atoms with Crippen LogP contribution < -0.4 is 16.5 Å². The van der Waals surface area contributed by atoms with Gasteiger partial charge >= 0.3 is 7.12 Å². The molecule has 3 atom stereocenters. The van der Waals surface area contributed by atoms with Crippen LogP contribution in [0, 0.1) is 45.1 Å². The first-order valence-electron chi connectivity index (χ1n) is 15.3. The van der Waals surface area contributed by atoms with Gasteiger partial charge in [0.25, 0.3) is 5.96 Å². The van der Waals surface area contributed by atoms with Crippen LogP contribution in [0.25, 0.3) is 0 Å². The average molecular weight is 579 g/mol. The Bertz CT molecular complexity index is 860. The smallest absolute Gasteiger partial charge is 0.426 e. The summed E-state index contributed by atoms with van der Waals surface area (Å²) in [5.41, 5.74) is 7.26. The second-order valence-corrected chi connectivity index (χ2v) is 11.8. The Morgan fingerprint density at radius 1 is 1.10 bits per heavy atom. The topological polar surface area (TPSA) is 204 Å². The van der Waals surface area contributed by atoms with Gasteiger partial charge in [-0.05, 0) is 56.8 Å². The molecule has 12 nitrogen and oxygen atoms in total. The zero-order valence-electron chi connectivity index (χ0n) is 24.9. The fraction of sp³-hybridized carbons (Fsp3) is 0.857. The lowest BCUT2D eigenvalue weighted by Crippen LogP contribution is -2.49. The Hall–Kier alpha value is -2.72. The number of unbranched alkanes of at least 4 members (excludes halogenated alkanes) is 6. The van der Waals surface area contributed by atoms with E-state index in [1.54, 1.807) is 5.43 Å². The van der Waals surface area contributed by atoms with Gasteiger partial charge in [0.1, 0.15) is 5.78 Å². The molecule has 1 aliphatic rings. The van der Waals surface area contributed by atoms with E-state index in [-0.39, 0.29) is 36.5 Å². The van der Waals surface area contributed by atoms with Gasteiger partial charge in [0.15, 0.2) is 5.03 Å². The van der Waals surface area contributed by atoms with Gasteiger partial charge in [-0.25, -0.2) is 15.1 Å². The number of guanidine groups is 1. The predicted octanol–water partition coefficient (Wildman–Crippen LogP) is 3.43. The monoisotopic (exact) mass is 578 g/mol. The number of rotatable bonds is 22. The molecule has 0 saturated heterocycles. The number of amides is 1. The highest BCUT2D eigenvalue weighted by molar-refractivity contribution is 6.43. The highest BCUT2D eigenvalue weighted by Crippen LogP contribution is 2.36. The van der Waals surface area contributed by atoms with E-state index in [0.29, 0.717) is 31.6 Å². The number of hydrazine groups is 1. The third-order valence-corrected chi connectivity index (χ3v) is 7.87. The van der Waals surface area contributed by atoms with Crippen LogP contribution in [-0.2, 0) is 9.59 Å². The summed E-state index contributed by atoms with van der Waals surface area (Å²) in [5.74, 6) is -1.84. The molecule has 6 N–H and O–H groups in total. The van der Waals surface area contributed by atoms with Crippen LogP contribution in [0.1, 0.15) is 117 Å². The molecule has 0 aromatic carbocycles. The Labute approximate surface area is 245 Å². The number of nitrogens with one attached hydrogen (secondary N) is 2. The number of aliphatic imine (C=N–C) groups is 1. The Kier molecular flexibility index (Phi) is 18.6. The van der Waals surface area contributed by atoms with Gasteiger partial charge in [-0.1, -0.05) is 64.2 Å². The Morgan fingerprint density at radius 2 is 1.73 bits per heavy atom. The lowest BCUT2D eigenvalue weighted by atomic mass is 9.74. The van der Waals surface area contributed by atoms with Crippen molar-refractivity contribution in [2.45, 2.75) is 123 Å². The summed E-state index contributed by atoms with van der Waals surface area (Å²) in [5, 5.41) is 40.8. The van der Waals surface area contributed by atoms with Crippen molar-refractivity contribution < 1.29 is 24.7 Å². The lowest BCUT2D eigenvalue weighted by molar-refractivity contribution is -0.525. The molecule has 1 rings (SSSR count). The van der Waals surface area contributed by atoms with Crippen molar-refractivity contribution in [2.24, 2.45) is 34.4 Å². The quantitative estimate of drug-likeness (QED) is 0.0318. The lowest BCUT2D eigenvalue weighted by Gasteiger charge is -2.26. The molecule has 1 amide bonds. The van der Waals surface area contributed by atoms with Crippen LogP contribution in [0.5, 0.6) is 0 Å². The SMILES string of the molecule is CC(C)C[C@H](NC(=O)[C@H](CCCN=C(N)N[N+](=O)[O-])CC(=O)C(CCCCCCCCC#N)C1CCCC1)B(O)O. The third kappa shape index (κ3) is 16.3. The van der Waals surface area contributed by atoms with Gasteiger partial charge in [-0.2, -0.15) is 5.26 Å². The first-order valence-corrected chi connectivity index (χ1v) is 15.3. The number of ketones is 1.